The number of hydrogen-bond acceptors (Lipinski definition) is 4. The van der Waals surface area contributed by atoms with E-state index < -0.39 is 0 Å². The normalized spacial score (nSPS) is 10.7. The zero-order chi connectivity index (χ0) is 10.5. The molecule has 80 valence electrons. The quantitative estimate of drug-likeness (QED) is 0.786. The molecule has 0 fully saturated rings. The van der Waals surface area contributed by atoms with Gasteiger partial charge >= 0.3 is 0 Å². The Bertz CT molecular complexity index is 396. The van der Waals surface area contributed by atoms with Crippen molar-refractivity contribution < 1.29 is 4.74 Å². The van der Waals surface area contributed by atoms with E-state index in [0.29, 0.717) is 18.9 Å². The molecule has 0 saturated heterocycles. The molecule has 2 aromatic rings. The van der Waals surface area contributed by atoms with Gasteiger partial charge < -0.3 is 10.5 Å². The van der Waals surface area contributed by atoms with Crippen molar-refractivity contribution in [1.82, 2.24) is 9.78 Å². The van der Waals surface area contributed by atoms with E-state index >= 15 is 0 Å². The van der Waals surface area contributed by atoms with Crippen molar-refractivity contribution in [2.75, 3.05) is 12.3 Å². The van der Waals surface area contributed by atoms with E-state index in [1.54, 1.807) is 28.4 Å². The van der Waals surface area contributed by atoms with Crippen molar-refractivity contribution in [2.45, 2.75) is 13.2 Å². The Labute approximate surface area is 92.3 Å². The SMILES string of the molecule is Nc1cnn(CCOCc2cccs2)c1. The molecule has 2 rings (SSSR count). The van der Waals surface area contributed by atoms with Gasteiger partial charge in [-0.25, -0.2) is 0 Å². The number of thiophene rings is 1. The highest BCUT2D eigenvalue weighted by atomic mass is 32.1. The predicted molar refractivity (Wildman–Crippen MR) is 60.6 cm³/mol. The van der Waals surface area contributed by atoms with E-state index in [1.165, 1.54) is 4.88 Å². The molecule has 0 atom stereocenters. The highest BCUT2D eigenvalue weighted by Gasteiger charge is 1.96. The molecule has 2 N–H and O–H groups in total. The summed E-state index contributed by atoms with van der Waals surface area (Å²) in [5.74, 6) is 0. The minimum atomic E-state index is 0.652. The molecular weight excluding hydrogens is 210 g/mol. The molecule has 0 aliphatic rings. The molecule has 5 heteroatoms. The van der Waals surface area contributed by atoms with Crippen LogP contribution in [-0.2, 0) is 17.9 Å². The van der Waals surface area contributed by atoms with Crippen molar-refractivity contribution in [3.8, 4) is 0 Å². The number of aromatic nitrogens is 2. The molecule has 2 aromatic heterocycles. The van der Waals surface area contributed by atoms with Gasteiger partial charge in [0.2, 0.25) is 0 Å². The van der Waals surface area contributed by atoms with Gasteiger partial charge in [-0.1, -0.05) is 6.07 Å². The maximum atomic E-state index is 5.54. The molecule has 2 heterocycles. The first kappa shape index (κ1) is 10.2. The van der Waals surface area contributed by atoms with Crippen molar-refractivity contribution in [3.63, 3.8) is 0 Å². The summed E-state index contributed by atoms with van der Waals surface area (Å²) in [6.07, 6.45) is 3.44. The predicted octanol–water partition coefficient (Wildman–Crippen LogP) is 1.74. The van der Waals surface area contributed by atoms with Gasteiger partial charge in [-0.2, -0.15) is 5.10 Å². The Hall–Kier alpha value is -1.33. The number of anilines is 1. The molecule has 4 nitrogen and oxygen atoms in total. The molecule has 15 heavy (non-hydrogen) atoms. The van der Waals surface area contributed by atoms with Gasteiger partial charge in [0, 0.05) is 11.1 Å². The smallest absolute Gasteiger partial charge is 0.0810 e. The second kappa shape index (κ2) is 4.95. The summed E-state index contributed by atoms with van der Waals surface area (Å²) in [5, 5.41) is 6.11. The lowest BCUT2D eigenvalue weighted by Crippen LogP contribution is -2.05. The van der Waals surface area contributed by atoms with E-state index in [2.05, 4.69) is 11.2 Å². The minimum Gasteiger partial charge on any atom is -0.396 e. The van der Waals surface area contributed by atoms with Gasteiger partial charge in [0.25, 0.3) is 0 Å². The largest absolute Gasteiger partial charge is 0.396 e. The van der Waals surface area contributed by atoms with Crippen molar-refractivity contribution in [3.05, 3.63) is 34.8 Å². The number of nitrogens with two attached hydrogens (primary N) is 1. The lowest BCUT2D eigenvalue weighted by atomic mass is 10.5. The van der Waals surface area contributed by atoms with Gasteiger partial charge in [-0.15, -0.1) is 11.3 Å². The molecule has 0 saturated carbocycles. The summed E-state index contributed by atoms with van der Waals surface area (Å²) < 4.78 is 7.28. The van der Waals surface area contributed by atoms with E-state index in [-0.39, 0.29) is 0 Å². The maximum Gasteiger partial charge on any atom is 0.0810 e. The molecule has 0 spiro atoms. The molecule has 0 aliphatic carbocycles. The third-order valence-corrected chi connectivity index (χ3v) is 2.79. The first-order chi connectivity index (χ1) is 7.34. The number of ether oxygens (including phenoxy) is 1. The topological polar surface area (TPSA) is 53.1 Å². The molecule has 0 bridgehead atoms. The Morgan fingerprint density at radius 3 is 3.13 bits per heavy atom. The van der Waals surface area contributed by atoms with E-state index in [9.17, 15) is 0 Å². The summed E-state index contributed by atoms with van der Waals surface area (Å²) in [5.41, 5.74) is 6.23. The lowest BCUT2D eigenvalue weighted by molar-refractivity contribution is 0.113. The highest BCUT2D eigenvalue weighted by Crippen LogP contribution is 2.09. The van der Waals surface area contributed by atoms with Gasteiger partial charge in [-0.05, 0) is 11.4 Å². The Balaban J connectivity index is 1.67. The van der Waals surface area contributed by atoms with Crippen LogP contribution >= 0.6 is 11.3 Å². The van der Waals surface area contributed by atoms with Crippen LogP contribution < -0.4 is 5.73 Å². The molecule has 0 radical (unpaired) electrons. The highest BCUT2D eigenvalue weighted by molar-refractivity contribution is 7.09. The molecule has 0 unspecified atom stereocenters. The van der Waals surface area contributed by atoms with Crippen LogP contribution in [-0.4, -0.2) is 16.4 Å². The van der Waals surface area contributed by atoms with Gasteiger partial charge in [0.05, 0.1) is 31.6 Å². The van der Waals surface area contributed by atoms with Gasteiger partial charge in [-0.3, -0.25) is 4.68 Å². The second-order valence-electron chi connectivity index (χ2n) is 3.17. The Kier molecular flexibility index (Phi) is 3.37. The third kappa shape index (κ3) is 3.07. The van der Waals surface area contributed by atoms with Gasteiger partial charge in [0.1, 0.15) is 0 Å². The third-order valence-electron chi connectivity index (χ3n) is 1.94. The fourth-order valence-corrected chi connectivity index (χ4v) is 1.87. The van der Waals surface area contributed by atoms with Crippen LogP contribution in [0.3, 0.4) is 0 Å². The zero-order valence-electron chi connectivity index (χ0n) is 8.30. The minimum absolute atomic E-state index is 0.652. The Morgan fingerprint density at radius 1 is 1.53 bits per heavy atom. The van der Waals surface area contributed by atoms with Crippen LogP contribution in [0.15, 0.2) is 29.9 Å². The standard InChI is InChI=1S/C10H13N3OS/c11-9-6-12-13(7-9)3-4-14-8-10-2-1-5-15-10/h1-2,5-7H,3-4,8,11H2. The van der Waals surface area contributed by atoms with Crippen molar-refractivity contribution in [2.24, 2.45) is 0 Å². The van der Waals surface area contributed by atoms with Crippen molar-refractivity contribution in [1.29, 1.82) is 0 Å². The first-order valence-corrected chi connectivity index (χ1v) is 5.60. The molecular formula is C10H13N3OS. The number of hydrogen-bond donors (Lipinski definition) is 1. The number of nitrogens with zero attached hydrogens (tertiary/aromatic N) is 2. The van der Waals surface area contributed by atoms with Crippen LogP contribution in [0.1, 0.15) is 4.88 Å². The molecule has 0 aromatic carbocycles. The summed E-state index contributed by atoms with van der Waals surface area (Å²) >= 11 is 1.71. The second-order valence-corrected chi connectivity index (χ2v) is 4.20. The summed E-state index contributed by atoms with van der Waals surface area (Å²) in [7, 11) is 0. The average molecular weight is 223 g/mol. The van der Waals surface area contributed by atoms with E-state index in [4.69, 9.17) is 10.5 Å². The fraction of sp³-hybridized carbons (Fsp3) is 0.300. The summed E-state index contributed by atoms with van der Waals surface area (Å²) in [6, 6.07) is 4.09. The summed E-state index contributed by atoms with van der Waals surface area (Å²) in [6.45, 7) is 2.07. The van der Waals surface area contributed by atoms with Crippen LogP contribution in [0.4, 0.5) is 5.69 Å². The van der Waals surface area contributed by atoms with Crippen LogP contribution in [0, 0.1) is 0 Å². The van der Waals surface area contributed by atoms with Crippen LogP contribution in [0.2, 0.25) is 0 Å². The average Bonchev–Trinajstić information content (AvgIpc) is 2.84. The monoisotopic (exact) mass is 223 g/mol. The summed E-state index contributed by atoms with van der Waals surface area (Å²) in [4.78, 5) is 1.25. The number of nitrogen functional groups attached to an aromatic ring is 1. The van der Waals surface area contributed by atoms with Gasteiger partial charge in [0.15, 0.2) is 0 Å². The Morgan fingerprint density at radius 2 is 2.47 bits per heavy atom. The van der Waals surface area contributed by atoms with Crippen LogP contribution in [0.5, 0.6) is 0 Å². The number of rotatable bonds is 5. The molecule has 0 aliphatic heterocycles. The maximum absolute atomic E-state index is 5.54. The van der Waals surface area contributed by atoms with Crippen LogP contribution in [0.25, 0.3) is 0 Å². The zero-order valence-corrected chi connectivity index (χ0v) is 9.11. The van der Waals surface area contributed by atoms with E-state index in [1.807, 2.05) is 11.4 Å². The fourth-order valence-electron chi connectivity index (χ4n) is 1.23. The molecule has 0 amide bonds. The first-order valence-electron chi connectivity index (χ1n) is 4.72. The lowest BCUT2D eigenvalue weighted by Gasteiger charge is -2.02. The van der Waals surface area contributed by atoms with Crippen molar-refractivity contribution >= 4 is 17.0 Å². The van der Waals surface area contributed by atoms with E-state index in [0.717, 1.165) is 6.54 Å².